The van der Waals surface area contributed by atoms with Crippen molar-refractivity contribution in [3.05, 3.63) is 75.8 Å². The van der Waals surface area contributed by atoms with Crippen molar-refractivity contribution < 1.29 is 9.84 Å². The summed E-state index contributed by atoms with van der Waals surface area (Å²) in [7, 11) is 1.56. The third-order valence-corrected chi connectivity index (χ3v) is 4.19. The Balaban J connectivity index is 2.71. The molecule has 1 atom stereocenters. The smallest absolute Gasteiger partial charge is 0.139 e. The molecule has 2 aromatic carbocycles. The normalized spacial score (nSPS) is 13.6. The highest BCUT2D eigenvalue weighted by molar-refractivity contribution is 6.42. The second-order valence-electron chi connectivity index (χ2n) is 4.82. The van der Waals surface area contributed by atoms with Crippen LogP contribution in [0.4, 0.5) is 0 Å². The molecule has 4 heteroatoms. The largest absolute Gasteiger partial charge is 0.496 e. The van der Waals surface area contributed by atoms with Crippen LogP contribution in [0.1, 0.15) is 18.1 Å². The summed E-state index contributed by atoms with van der Waals surface area (Å²) in [5, 5.41) is 12.1. The first-order valence-electron chi connectivity index (χ1n) is 6.38. The summed E-state index contributed by atoms with van der Waals surface area (Å²) in [5.41, 5.74) is 0.360. The lowest BCUT2D eigenvalue weighted by atomic mass is 9.81. The highest BCUT2D eigenvalue weighted by atomic mass is 35.5. The van der Waals surface area contributed by atoms with E-state index in [1.807, 2.05) is 12.1 Å². The summed E-state index contributed by atoms with van der Waals surface area (Å²) in [6.45, 7) is 5.68. The van der Waals surface area contributed by atoms with Crippen molar-refractivity contribution in [2.75, 3.05) is 7.11 Å². The fraction of sp³-hybridized carbons (Fsp3) is 0.176. The summed E-state index contributed by atoms with van der Waals surface area (Å²) >= 11 is 12.0. The summed E-state index contributed by atoms with van der Waals surface area (Å²) in [4.78, 5) is 0. The van der Waals surface area contributed by atoms with Crippen molar-refractivity contribution in [2.45, 2.75) is 12.5 Å². The molecule has 0 fully saturated rings. The minimum Gasteiger partial charge on any atom is -0.496 e. The number of hydrogen-bond donors (Lipinski definition) is 1. The van der Waals surface area contributed by atoms with E-state index in [0.29, 0.717) is 32.5 Å². The van der Waals surface area contributed by atoms with Crippen LogP contribution in [0, 0.1) is 0 Å². The highest BCUT2D eigenvalue weighted by Crippen LogP contribution is 2.41. The van der Waals surface area contributed by atoms with Gasteiger partial charge in [0.1, 0.15) is 11.4 Å². The summed E-state index contributed by atoms with van der Waals surface area (Å²) in [6, 6.07) is 12.3. The van der Waals surface area contributed by atoms with Gasteiger partial charge in [-0.25, -0.2) is 0 Å². The maximum Gasteiger partial charge on any atom is 0.139 e. The molecular formula is C17H16Cl2O2. The van der Waals surface area contributed by atoms with E-state index in [-0.39, 0.29) is 0 Å². The van der Waals surface area contributed by atoms with Crippen molar-refractivity contribution in [3.8, 4) is 5.75 Å². The van der Waals surface area contributed by atoms with Crippen molar-refractivity contribution in [1.82, 2.24) is 0 Å². The Morgan fingerprint density at radius 2 is 1.81 bits per heavy atom. The molecule has 2 rings (SSSR count). The molecule has 0 radical (unpaired) electrons. The van der Waals surface area contributed by atoms with Crippen LogP contribution in [0.15, 0.2) is 54.6 Å². The fourth-order valence-electron chi connectivity index (χ4n) is 2.30. The van der Waals surface area contributed by atoms with Gasteiger partial charge in [-0.1, -0.05) is 54.0 Å². The van der Waals surface area contributed by atoms with Gasteiger partial charge < -0.3 is 9.84 Å². The van der Waals surface area contributed by atoms with Gasteiger partial charge in [-0.3, -0.25) is 0 Å². The molecule has 21 heavy (non-hydrogen) atoms. The number of rotatable bonds is 4. The van der Waals surface area contributed by atoms with Gasteiger partial charge in [0.15, 0.2) is 0 Å². The molecule has 0 heterocycles. The first-order chi connectivity index (χ1) is 9.91. The van der Waals surface area contributed by atoms with Crippen LogP contribution in [0.3, 0.4) is 0 Å². The predicted octanol–water partition coefficient (Wildman–Crippen LogP) is 4.81. The molecule has 2 nitrogen and oxygen atoms in total. The van der Waals surface area contributed by atoms with Crippen molar-refractivity contribution in [2.24, 2.45) is 0 Å². The lowest BCUT2D eigenvalue weighted by Crippen LogP contribution is -2.29. The molecule has 2 aromatic rings. The first kappa shape index (κ1) is 15.9. The predicted molar refractivity (Wildman–Crippen MR) is 87.3 cm³/mol. The topological polar surface area (TPSA) is 29.5 Å². The molecule has 0 aliphatic heterocycles. The molecule has 0 amide bonds. The third-order valence-electron chi connectivity index (χ3n) is 3.45. The molecule has 0 saturated carbocycles. The van der Waals surface area contributed by atoms with Gasteiger partial charge in [-0.2, -0.15) is 0 Å². The van der Waals surface area contributed by atoms with Crippen LogP contribution in [0.5, 0.6) is 5.75 Å². The van der Waals surface area contributed by atoms with Crippen LogP contribution in [0.25, 0.3) is 0 Å². The van der Waals surface area contributed by atoms with E-state index in [2.05, 4.69) is 6.58 Å². The van der Waals surface area contributed by atoms with E-state index in [0.717, 1.165) is 0 Å². The van der Waals surface area contributed by atoms with E-state index >= 15 is 0 Å². The standard InChI is InChI=1S/C17H16Cl2O2/c1-11(2)17(20,12-8-9-14(18)15(19)10-12)13-6-4-5-7-16(13)21-3/h4-10,20H,1H2,2-3H3. The third kappa shape index (κ3) is 2.80. The van der Waals surface area contributed by atoms with Crippen molar-refractivity contribution in [1.29, 1.82) is 0 Å². The Kier molecular flexibility index (Phi) is 4.62. The zero-order chi connectivity index (χ0) is 15.6. The number of hydrogen-bond acceptors (Lipinski definition) is 2. The molecular weight excluding hydrogens is 307 g/mol. The second kappa shape index (κ2) is 6.10. The first-order valence-corrected chi connectivity index (χ1v) is 7.14. The van der Waals surface area contributed by atoms with Gasteiger partial charge in [0.25, 0.3) is 0 Å². The Bertz CT molecular complexity index is 682. The summed E-state index contributed by atoms with van der Waals surface area (Å²) < 4.78 is 5.36. The van der Waals surface area contributed by atoms with Crippen LogP contribution < -0.4 is 4.74 Å². The molecule has 0 spiro atoms. The van der Waals surface area contributed by atoms with Crippen LogP contribution in [-0.4, -0.2) is 12.2 Å². The Morgan fingerprint density at radius 3 is 2.38 bits per heavy atom. The van der Waals surface area contributed by atoms with E-state index in [1.165, 1.54) is 0 Å². The summed E-state index contributed by atoms with van der Waals surface area (Å²) in [5.74, 6) is 0.578. The molecule has 0 aromatic heterocycles. The quantitative estimate of drug-likeness (QED) is 0.818. The van der Waals surface area contributed by atoms with E-state index in [4.69, 9.17) is 27.9 Å². The molecule has 0 aliphatic rings. The van der Waals surface area contributed by atoms with Crippen molar-refractivity contribution in [3.63, 3.8) is 0 Å². The molecule has 1 N–H and O–H groups in total. The molecule has 0 saturated heterocycles. The monoisotopic (exact) mass is 322 g/mol. The van der Waals surface area contributed by atoms with Gasteiger partial charge >= 0.3 is 0 Å². The molecule has 110 valence electrons. The average molecular weight is 323 g/mol. The molecule has 0 bridgehead atoms. The summed E-state index contributed by atoms with van der Waals surface area (Å²) in [6.07, 6.45) is 0. The van der Waals surface area contributed by atoms with Crippen LogP contribution in [-0.2, 0) is 5.60 Å². The molecule has 1 unspecified atom stereocenters. The van der Waals surface area contributed by atoms with Gasteiger partial charge in [0, 0.05) is 5.56 Å². The second-order valence-corrected chi connectivity index (χ2v) is 5.63. The SMILES string of the molecule is C=C(C)C(O)(c1ccc(Cl)c(Cl)c1)c1ccccc1OC. The lowest BCUT2D eigenvalue weighted by molar-refractivity contribution is 0.118. The maximum atomic E-state index is 11.3. The fourth-order valence-corrected chi connectivity index (χ4v) is 2.59. The van der Waals surface area contributed by atoms with E-state index < -0.39 is 5.60 Å². The minimum absolute atomic E-state index is 0.378. The van der Waals surface area contributed by atoms with Crippen LogP contribution >= 0.6 is 23.2 Å². The molecule has 0 aliphatic carbocycles. The van der Waals surface area contributed by atoms with E-state index in [1.54, 1.807) is 44.4 Å². The zero-order valence-electron chi connectivity index (χ0n) is 11.9. The number of ether oxygens (including phenoxy) is 1. The Labute approximate surface area is 134 Å². The average Bonchev–Trinajstić information content (AvgIpc) is 2.49. The highest BCUT2D eigenvalue weighted by Gasteiger charge is 2.35. The van der Waals surface area contributed by atoms with Gasteiger partial charge in [-0.15, -0.1) is 0 Å². The van der Waals surface area contributed by atoms with Gasteiger partial charge in [-0.05, 0) is 36.3 Å². The van der Waals surface area contributed by atoms with Crippen LogP contribution in [0.2, 0.25) is 10.0 Å². The zero-order valence-corrected chi connectivity index (χ0v) is 13.4. The number of methoxy groups -OCH3 is 1. The number of benzene rings is 2. The van der Waals surface area contributed by atoms with Gasteiger partial charge in [0.05, 0.1) is 17.2 Å². The lowest BCUT2D eigenvalue weighted by Gasteiger charge is -2.31. The number of halogens is 2. The maximum absolute atomic E-state index is 11.3. The van der Waals surface area contributed by atoms with Crippen molar-refractivity contribution >= 4 is 23.2 Å². The minimum atomic E-state index is -1.40. The number of aliphatic hydroxyl groups is 1. The van der Waals surface area contributed by atoms with Gasteiger partial charge in [0.2, 0.25) is 0 Å². The Morgan fingerprint density at radius 1 is 1.14 bits per heavy atom. The number of para-hydroxylation sites is 1. The van der Waals surface area contributed by atoms with E-state index in [9.17, 15) is 5.11 Å². The Hall–Kier alpha value is -1.48.